The molecule has 7 heteroatoms. The van der Waals surface area contributed by atoms with Crippen LogP contribution in [0.3, 0.4) is 0 Å². The van der Waals surface area contributed by atoms with Gasteiger partial charge in [-0.2, -0.15) is 5.26 Å². The molecule has 0 unspecified atom stereocenters. The van der Waals surface area contributed by atoms with Gasteiger partial charge < -0.3 is 10.1 Å². The Hall–Kier alpha value is -2.23. The number of rotatable bonds is 6. The number of nitrogens with one attached hydrogen (secondary N) is 1. The molecule has 5 nitrogen and oxygen atoms in total. The fourth-order valence-electron chi connectivity index (χ4n) is 3.21. The van der Waals surface area contributed by atoms with Crippen molar-refractivity contribution in [2.45, 2.75) is 43.6 Å². The van der Waals surface area contributed by atoms with Crippen LogP contribution in [0.2, 0.25) is 5.02 Å². The van der Waals surface area contributed by atoms with Gasteiger partial charge >= 0.3 is 0 Å². The Kier molecular flexibility index (Phi) is 7.18. The Balaban J connectivity index is 1.62. The topological polar surface area (TPSA) is 75.0 Å². The average molecular weight is 416 g/mol. The lowest BCUT2D eigenvalue weighted by Gasteiger charge is -2.11. The molecule has 0 atom stereocenters. The quantitative estimate of drug-likeness (QED) is 0.530. The summed E-state index contributed by atoms with van der Waals surface area (Å²) in [5.74, 6) is 0.959. The van der Waals surface area contributed by atoms with Crippen LogP contribution in [0.15, 0.2) is 29.3 Å². The van der Waals surface area contributed by atoms with Crippen molar-refractivity contribution in [3.05, 3.63) is 46.1 Å². The summed E-state index contributed by atoms with van der Waals surface area (Å²) in [5.41, 5.74) is 3.45. The largest absolute Gasteiger partial charge is 0.495 e. The first-order chi connectivity index (χ1) is 13.6. The molecule has 0 spiro atoms. The molecule has 1 N–H and O–H groups in total. The number of hydrogen-bond donors (Lipinski definition) is 1. The van der Waals surface area contributed by atoms with Gasteiger partial charge in [0.05, 0.1) is 18.4 Å². The lowest BCUT2D eigenvalue weighted by Crippen LogP contribution is -2.13. The van der Waals surface area contributed by atoms with Gasteiger partial charge in [0, 0.05) is 22.9 Å². The maximum absolute atomic E-state index is 12.3. The number of nitriles is 1. The molecule has 0 saturated carbocycles. The minimum atomic E-state index is -0.138. The zero-order valence-corrected chi connectivity index (χ0v) is 17.3. The molecule has 0 aliphatic heterocycles. The van der Waals surface area contributed by atoms with Crippen LogP contribution in [0.4, 0.5) is 5.69 Å². The van der Waals surface area contributed by atoms with Gasteiger partial charge in [-0.15, -0.1) is 11.8 Å². The molecule has 0 bridgehead atoms. The second-order valence-corrected chi connectivity index (χ2v) is 8.13. The highest BCUT2D eigenvalue weighted by molar-refractivity contribution is 7.99. The molecule has 1 aliphatic carbocycles. The molecule has 1 aromatic carbocycles. The summed E-state index contributed by atoms with van der Waals surface area (Å²) in [6, 6.07) is 9.31. The van der Waals surface area contributed by atoms with E-state index in [0.29, 0.717) is 34.2 Å². The van der Waals surface area contributed by atoms with E-state index >= 15 is 0 Å². The number of thioether (sulfide) groups is 1. The standard InChI is InChI=1S/C21H22ClN3O2S/c1-27-19-8-7-16(22)12-18(19)24-20(26)9-10-28-21-15(13-23)11-14-5-3-2-4-6-17(14)25-21/h7-8,11-12H,2-6,9-10H2,1H3,(H,24,26). The van der Waals surface area contributed by atoms with Crippen molar-refractivity contribution >= 4 is 35.0 Å². The molecule has 1 amide bonds. The van der Waals surface area contributed by atoms with Crippen molar-refractivity contribution in [2.24, 2.45) is 0 Å². The number of fused-ring (bicyclic) bond motifs is 1. The van der Waals surface area contributed by atoms with Crippen molar-refractivity contribution < 1.29 is 9.53 Å². The third-order valence-electron chi connectivity index (χ3n) is 4.64. The van der Waals surface area contributed by atoms with Crippen molar-refractivity contribution in [1.29, 1.82) is 5.26 Å². The monoisotopic (exact) mass is 415 g/mol. The number of anilines is 1. The minimum absolute atomic E-state index is 0.138. The lowest BCUT2D eigenvalue weighted by atomic mass is 10.1. The highest BCUT2D eigenvalue weighted by Crippen LogP contribution is 2.29. The first-order valence-corrected chi connectivity index (χ1v) is 10.7. The van der Waals surface area contributed by atoms with Gasteiger partial charge in [0.2, 0.25) is 5.91 Å². The van der Waals surface area contributed by atoms with Crippen LogP contribution in [0.1, 0.15) is 42.5 Å². The first kappa shape index (κ1) is 20.5. The summed E-state index contributed by atoms with van der Waals surface area (Å²) in [6.45, 7) is 0. The molecule has 28 heavy (non-hydrogen) atoms. The summed E-state index contributed by atoms with van der Waals surface area (Å²) < 4.78 is 5.24. The second kappa shape index (κ2) is 9.81. The van der Waals surface area contributed by atoms with Crippen molar-refractivity contribution in [2.75, 3.05) is 18.2 Å². The zero-order chi connectivity index (χ0) is 19.9. The maximum atomic E-state index is 12.3. The van der Waals surface area contributed by atoms with Crippen molar-refractivity contribution in [1.82, 2.24) is 4.98 Å². The van der Waals surface area contributed by atoms with E-state index in [4.69, 9.17) is 21.3 Å². The van der Waals surface area contributed by atoms with Crippen LogP contribution < -0.4 is 10.1 Å². The van der Waals surface area contributed by atoms with Gasteiger partial charge in [0.15, 0.2) is 0 Å². The fraction of sp³-hybridized carbons (Fsp3) is 0.381. The van der Waals surface area contributed by atoms with E-state index in [1.165, 1.54) is 23.7 Å². The molecule has 1 heterocycles. The Morgan fingerprint density at radius 2 is 2.14 bits per heavy atom. The fourth-order valence-corrected chi connectivity index (χ4v) is 4.30. The number of ether oxygens (including phenoxy) is 1. The molecule has 3 rings (SSSR count). The Morgan fingerprint density at radius 3 is 2.93 bits per heavy atom. The molecule has 0 radical (unpaired) electrons. The third kappa shape index (κ3) is 5.18. The highest BCUT2D eigenvalue weighted by atomic mass is 35.5. The molecule has 1 aliphatic rings. The summed E-state index contributed by atoms with van der Waals surface area (Å²) in [6.07, 6.45) is 5.74. The normalized spacial score (nSPS) is 13.2. The van der Waals surface area contributed by atoms with E-state index in [0.717, 1.165) is 36.4 Å². The van der Waals surface area contributed by atoms with Gasteiger partial charge in [-0.05, 0) is 55.5 Å². The number of pyridine rings is 1. The number of methoxy groups -OCH3 is 1. The van der Waals surface area contributed by atoms with Crippen molar-refractivity contribution in [3.8, 4) is 11.8 Å². The first-order valence-electron chi connectivity index (χ1n) is 9.30. The summed E-state index contributed by atoms with van der Waals surface area (Å²) in [5, 5.41) is 13.5. The van der Waals surface area contributed by atoms with E-state index < -0.39 is 0 Å². The molecule has 0 saturated heterocycles. The summed E-state index contributed by atoms with van der Waals surface area (Å²) >= 11 is 7.45. The van der Waals surface area contributed by atoms with E-state index in [2.05, 4.69) is 11.4 Å². The van der Waals surface area contributed by atoms with Gasteiger partial charge in [-0.1, -0.05) is 18.0 Å². The van der Waals surface area contributed by atoms with Gasteiger partial charge in [0.1, 0.15) is 16.8 Å². The van der Waals surface area contributed by atoms with Crippen LogP contribution in [0.25, 0.3) is 0 Å². The number of benzene rings is 1. The average Bonchev–Trinajstić information content (AvgIpc) is 2.92. The van der Waals surface area contributed by atoms with E-state index in [-0.39, 0.29) is 5.91 Å². The number of hydrogen-bond acceptors (Lipinski definition) is 5. The highest BCUT2D eigenvalue weighted by Gasteiger charge is 2.15. The number of aryl methyl sites for hydroxylation is 2. The number of carbonyl (C=O) groups excluding carboxylic acids is 1. The molecule has 0 fully saturated rings. The summed E-state index contributed by atoms with van der Waals surface area (Å²) in [4.78, 5) is 17.0. The van der Waals surface area contributed by atoms with Crippen LogP contribution in [0.5, 0.6) is 5.75 Å². The van der Waals surface area contributed by atoms with E-state index in [1.54, 1.807) is 25.3 Å². The molecule has 1 aromatic heterocycles. The molecular weight excluding hydrogens is 394 g/mol. The molecular formula is C21H22ClN3O2S. The van der Waals surface area contributed by atoms with Gasteiger partial charge in [0.25, 0.3) is 0 Å². The third-order valence-corrected chi connectivity index (χ3v) is 5.87. The number of amides is 1. The number of halogens is 1. The Morgan fingerprint density at radius 1 is 1.32 bits per heavy atom. The molecule has 2 aromatic rings. The van der Waals surface area contributed by atoms with Crippen LogP contribution in [-0.4, -0.2) is 23.8 Å². The minimum Gasteiger partial charge on any atom is -0.495 e. The Bertz CT molecular complexity index is 911. The molecule has 146 valence electrons. The Labute approximate surface area is 174 Å². The SMILES string of the molecule is COc1ccc(Cl)cc1NC(=O)CCSc1nc2c(cc1C#N)CCCCC2. The van der Waals surface area contributed by atoms with Gasteiger partial charge in [-0.25, -0.2) is 4.98 Å². The van der Waals surface area contributed by atoms with Gasteiger partial charge in [-0.3, -0.25) is 4.79 Å². The number of carbonyl (C=O) groups is 1. The number of nitrogens with zero attached hydrogens (tertiary/aromatic N) is 2. The maximum Gasteiger partial charge on any atom is 0.225 e. The number of aromatic nitrogens is 1. The predicted molar refractivity (Wildman–Crippen MR) is 112 cm³/mol. The van der Waals surface area contributed by atoms with Crippen molar-refractivity contribution in [3.63, 3.8) is 0 Å². The van der Waals surface area contributed by atoms with E-state index in [1.807, 2.05) is 6.07 Å². The smallest absolute Gasteiger partial charge is 0.225 e. The van der Waals surface area contributed by atoms with E-state index in [9.17, 15) is 10.1 Å². The second-order valence-electron chi connectivity index (χ2n) is 6.61. The zero-order valence-electron chi connectivity index (χ0n) is 15.8. The van der Waals surface area contributed by atoms with Crippen LogP contribution >= 0.6 is 23.4 Å². The van der Waals surface area contributed by atoms with Crippen LogP contribution in [0, 0.1) is 11.3 Å². The lowest BCUT2D eigenvalue weighted by molar-refractivity contribution is -0.115. The van der Waals surface area contributed by atoms with Crippen LogP contribution in [-0.2, 0) is 17.6 Å². The summed E-state index contributed by atoms with van der Waals surface area (Å²) in [7, 11) is 1.54. The predicted octanol–water partition coefficient (Wildman–Crippen LogP) is 5.01.